The molecule has 4 heteroatoms. The van der Waals surface area contributed by atoms with E-state index in [0.29, 0.717) is 0 Å². The topological polar surface area (TPSA) is 19.6 Å². The first-order chi connectivity index (χ1) is 32.5. The van der Waals surface area contributed by atoms with Gasteiger partial charge < -0.3 is 14.2 Å². The summed E-state index contributed by atoms with van der Waals surface area (Å²) in [5.41, 5.74) is 23.1. The highest BCUT2D eigenvalue weighted by molar-refractivity contribution is 7.00. The Balaban J connectivity index is 1.39. The van der Waals surface area contributed by atoms with Crippen molar-refractivity contribution in [3.05, 3.63) is 161 Å². The number of anilines is 6. The molecule has 0 unspecified atom stereocenters. The lowest BCUT2D eigenvalue weighted by atomic mass is 9.33. The molecule has 0 bridgehead atoms. The second-order valence-corrected chi connectivity index (χ2v) is 26.9. The van der Waals surface area contributed by atoms with Gasteiger partial charge in [-0.1, -0.05) is 185 Å². The predicted octanol–water partition coefficient (Wildman–Crippen LogP) is 17.1. The van der Waals surface area contributed by atoms with E-state index in [-0.39, 0.29) is 39.2 Å². The Bertz CT molecular complexity index is 3160. The molecule has 0 atom stereocenters. The third kappa shape index (κ3) is 8.18. The van der Waals surface area contributed by atoms with Crippen molar-refractivity contribution >= 4 is 79.2 Å². The highest BCUT2D eigenvalue weighted by atomic mass is 16.3. The van der Waals surface area contributed by atoms with E-state index in [1.54, 1.807) is 0 Å². The summed E-state index contributed by atoms with van der Waals surface area (Å²) in [7, 11) is 0. The van der Waals surface area contributed by atoms with Crippen molar-refractivity contribution in [1.82, 2.24) is 0 Å². The van der Waals surface area contributed by atoms with Gasteiger partial charge in [-0.25, -0.2) is 0 Å². The zero-order valence-electron chi connectivity index (χ0n) is 45.5. The zero-order chi connectivity index (χ0) is 50.4. The smallest absolute Gasteiger partial charge is 0.252 e. The van der Waals surface area contributed by atoms with Crippen LogP contribution in [0.4, 0.5) is 34.1 Å². The van der Waals surface area contributed by atoms with Gasteiger partial charge in [-0.15, -0.1) is 0 Å². The van der Waals surface area contributed by atoms with E-state index in [1.807, 2.05) is 0 Å². The van der Waals surface area contributed by atoms with E-state index in [2.05, 4.69) is 262 Å². The molecule has 0 fully saturated rings. The first-order valence-electron chi connectivity index (χ1n) is 25.8. The van der Waals surface area contributed by atoms with E-state index in [9.17, 15) is 0 Å². The summed E-state index contributed by atoms with van der Waals surface area (Å²) < 4.78 is 6.43. The first kappa shape index (κ1) is 47.7. The van der Waals surface area contributed by atoms with Crippen LogP contribution in [-0.2, 0) is 32.5 Å². The van der Waals surface area contributed by atoms with Crippen LogP contribution in [0.3, 0.4) is 0 Å². The normalized spacial score (nSPS) is 14.3. The zero-order valence-corrected chi connectivity index (χ0v) is 45.5. The number of fused-ring (bicyclic) bond motifs is 7. The van der Waals surface area contributed by atoms with E-state index in [1.165, 1.54) is 89.5 Å². The van der Waals surface area contributed by atoms with Crippen molar-refractivity contribution in [2.75, 3.05) is 9.80 Å². The molecule has 7 aromatic carbocycles. The van der Waals surface area contributed by atoms with Crippen LogP contribution in [0.2, 0.25) is 0 Å². The third-order valence-electron chi connectivity index (χ3n) is 15.3. The molecule has 0 radical (unpaired) electrons. The van der Waals surface area contributed by atoms with Crippen LogP contribution in [0.1, 0.15) is 158 Å². The van der Waals surface area contributed by atoms with Crippen molar-refractivity contribution < 1.29 is 4.42 Å². The summed E-state index contributed by atoms with van der Waals surface area (Å²) in [6.45, 7) is 42.3. The molecule has 0 amide bonds. The van der Waals surface area contributed by atoms with Gasteiger partial charge in [0.05, 0.1) is 0 Å². The minimum Gasteiger partial charge on any atom is -0.456 e. The van der Waals surface area contributed by atoms with Gasteiger partial charge in [0.2, 0.25) is 0 Å². The summed E-state index contributed by atoms with van der Waals surface area (Å²) in [6, 6.07) is 49.9. The van der Waals surface area contributed by atoms with Crippen LogP contribution < -0.4 is 26.2 Å². The lowest BCUT2D eigenvalue weighted by Crippen LogP contribution is -2.61. The van der Waals surface area contributed by atoms with E-state index >= 15 is 0 Å². The van der Waals surface area contributed by atoms with Gasteiger partial charge >= 0.3 is 0 Å². The van der Waals surface area contributed by atoms with Gasteiger partial charge in [0.25, 0.3) is 6.71 Å². The second-order valence-electron chi connectivity index (χ2n) is 26.9. The largest absolute Gasteiger partial charge is 0.456 e. The molecule has 0 N–H and O–H groups in total. The Morgan fingerprint density at radius 1 is 0.329 bits per heavy atom. The Hall–Kier alpha value is -6.00. The van der Waals surface area contributed by atoms with E-state index in [4.69, 9.17) is 4.42 Å². The Labute approximate surface area is 420 Å². The van der Waals surface area contributed by atoms with Crippen molar-refractivity contribution in [3.8, 4) is 11.1 Å². The molecule has 2 aliphatic rings. The number of para-hydroxylation sites is 1. The Kier molecular flexibility index (Phi) is 10.7. The monoisotopic (exact) mass is 923 g/mol. The van der Waals surface area contributed by atoms with Crippen molar-refractivity contribution in [1.29, 1.82) is 0 Å². The van der Waals surface area contributed by atoms with Gasteiger partial charge in [-0.3, -0.25) is 0 Å². The van der Waals surface area contributed by atoms with Crippen molar-refractivity contribution in [2.24, 2.45) is 0 Å². The molecule has 2 aliphatic heterocycles. The van der Waals surface area contributed by atoms with Gasteiger partial charge in [0, 0.05) is 44.9 Å². The fourth-order valence-corrected chi connectivity index (χ4v) is 10.8. The maximum absolute atomic E-state index is 6.43. The summed E-state index contributed by atoms with van der Waals surface area (Å²) in [4.78, 5) is 5.28. The van der Waals surface area contributed by atoms with Gasteiger partial charge in [0.15, 0.2) is 0 Å². The number of rotatable bonds is 3. The van der Waals surface area contributed by atoms with Crippen LogP contribution in [0.15, 0.2) is 132 Å². The molecule has 8 aromatic rings. The molecule has 0 saturated carbocycles. The number of nitrogens with zero attached hydrogens (tertiary/aromatic N) is 2. The van der Waals surface area contributed by atoms with E-state index in [0.717, 1.165) is 27.5 Å². The number of furan rings is 1. The van der Waals surface area contributed by atoms with Crippen LogP contribution in [0, 0.1) is 0 Å². The average molecular weight is 923 g/mol. The first-order valence-corrected chi connectivity index (χ1v) is 25.8. The minimum atomic E-state index is -0.0702. The van der Waals surface area contributed by atoms with Crippen LogP contribution in [0.5, 0.6) is 0 Å². The average Bonchev–Trinajstić information content (AvgIpc) is 3.64. The fourth-order valence-electron chi connectivity index (χ4n) is 10.8. The lowest BCUT2D eigenvalue weighted by molar-refractivity contribution is 0.568. The second kappa shape index (κ2) is 15.8. The van der Waals surface area contributed by atoms with Crippen LogP contribution >= 0.6 is 0 Å². The Morgan fingerprint density at radius 3 is 1.14 bits per heavy atom. The van der Waals surface area contributed by atoms with Crippen LogP contribution in [0.25, 0.3) is 33.1 Å². The molecule has 10 rings (SSSR count). The van der Waals surface area contributed by atoms with Crippen molar-refractivity contribution in [3.63, 3.8) is 0 Å². The number of hydrogen-bond acceptors (Lipinski definition) is 3. The molecule has 0 saturated heterocycles. The summed E-state index contributed by atoms with van der Waals surface area (Å²) in [5.74, 6) is 0. The molecule has 70 heavy (non-hydrogen) atoms. The van der Waals surface area contributed by atoms with Gasteiger partial charge in [-0.05, 0) is 160 Å². The summed E-state index contributed by atoms with van der Waals surface area (Å²) in [6.07, 6.45) is 0. The summed E-state index contributed by atoms with van der Waals surface area (Å²) >= 11 is 0. The molecular formula is C66H75BN2O. The molecule has 1 aromatic heterocycles. The molecule has 0 aliphatic carbocycles. The molecule has 3 nitrogen and oxygen atoms in total. The quantitative estimate of drug-likeness (QED) is 0.165. The number of benzene rings is 7. The SMILES string of the molecule is CC(C)(C)c1cc(N2c3ccc(C(C)(C)C)cc3B3c4cc(C(C)(C)C)ccc4N(c4cc(C(C)(C)C)cc(C(C)(C)C)c4)c4cc(-c5ccc6oc7ccccc7c6c5)cc2c43)cc(C(C)(C)C)c1. The maximum Gasteiger partial charge on any atom is 0.252 e. The van der Waals surface area contributed by atoms with E-state index < -0.39 is 0 Å². The summed E-state index contributed by atoms with van der Waals surface area (Å²) in [5, 5.41) is 2.27. The lowest BCUT2D eigenvalue weighted by Gasteiger charge is -2.46. The molecule has 3 heterocycles. The Morgan fingerprint density at radius 2 is 0.729 bits per heavy atom. The van der Waals surface area contributed by atoms with Gasteiger partial charge in [-0.2, -0.15) is 0 Å². The standard InChI is InChI=1S/C66H75BN2O/c1-61(2,3)42-24-26-54-52(38-42)67-53-39-43(62(4,5)6)25-27-55(53)69(49-36-46(65(13,14)15)33-47(37-49)66(16,17)18)57-31-41(40-23-28-59-51(29-40)50-21-19-20-22-58(50)70-59)30-56(60(57)67)68(54)48-34-44(63(7,8)9)32-45(35-48)64(10,11)12/h19-39H,1-18H3. The highest BCUT2D eigenvalue weighted by Gasteiger charge is 2.45. The van der Waals surface area contributed by atoms with Crippen LogP contribution in [-0.4, -0.2) is 6.71 Å². The number of hydrogen-bond donors (Lipinski definition) is 0. The molecular weight excluding hydrogens is 848 g/mol. The van der Waals surface area contributed by atoms with Crippen molar-refractivity contribution in [2.45, 2.75) is 157 Å². The molecule has 358 valence electrons. The fraction of sp³-hybridized carbons (Fsp3) is 0.364. The van der Waals surface area contributed by atoms with Gasteiger partial charge in [0.1, 0.15) is 11.2 Å². The molecule has 0 spiro atoms. The highest BCUT2D eigenvalue weighted by Crippen LogP contribution is 2.49. The third-order valence-corrected chi connectivity index (χ3v) is 15.3. The minimum absolute atomic E-state index is 0.0257. The predicted molar refractivity (Wildman–Crippen MR) is 305 cm³/mol. The maximum atomic E-state index is 6.43.